The number of halogens is 2. The Hall–Kier alpha value is -1.62. The van der Waals surface area contributed by atoms with Gasteiger partial charge in [-0.2, -0.15) is 0 Å². The van der Waals surface area contributed by atoms with Crippen LogP contribution in [0.25, 0.3) is 11.1 Å². The van der Waals surface area contributed by atoms with E-state index in [0.717, 1.165) is 42.6 Å². The molecule has 1 aliphatic rings. The monoisotopic (exact) mass is 381 g/mol. The number of pyridine rings is 1. The highest BCUT2D eigenvalue weighted by molar-refractivity contribution is 5.85. The summed E-state index contributed by atoms with van der Waals surface area (Å²) in [4.78, 5) is 16.4. The lowest BCUT2D eigenvalue weighted by Crippen LogP contribution is -2.41. The predicted molar refractivity (Wildman–Crippen MR) is 106 cm³/mol. The standard InChI is InChI=1S/C19H23N3O.2ClH/c1-14(22-19(23)18-3-2-10-21-13-18)15-4-6-16(7-5-15)17-8-11-20-12-9-17;;/h4-9,11-12,14,18,21H,2-3,10,13H2,1H3,(H,22,23);2*1H. The van der Waals surface area contributed by atoms with E-state index in [1.165, 1.54) is 0 Å². The first-order valence-electron chi connectivity index (χ1n) is 8.25. The fourth-order valence-corrected chi connectivity index (χ4v) is 3.00. The molecular weight excluding hydrogens is 357 g/mol. The quantitative estimate of drug-likeness (QED) is 0.847. The first-order valence-corrected chi connectivity index (χ1v) is 8.25. The average Bonchev–Trinajstić information content (AvgIpc) is 2.63. The number of nitrogens with one attached hydrogen (secondary N) is 2. The minimum atomic E-state index is 0. The summed E-state index contributed by atoms with van der Waals surface area (Å²) in [6.07, 6.45) is 5.65. The van der Waals surface area contributed by atoms with Gasteiger partial charge in [0.15, 0.2) is 0 Å². The van der Waals surface area contributed by atoms with Crippen LogP contribution in [0.5, 0.6) is 0 Å². The summed E-state index contributed by atoms with van der Waals surface area (Å²) in [6, 6.07) is 12.4. The summed E-state index contributed by atoms with van der Waals surface area (Å²) in [5.74, 6) is 0.255. The van der Waals surface area contributed by atoms with Gasteiger partial charge in [-0.15, -0.1) is 24.8 Å². The van der Waals surface area contributed by atoms with Crippen molar-refractivity contribution in [2.75, 3.05) is 13.1 Å². The fraction of sp³-hybridized carbons (Fsp3) is 0.368. The minimum absolute atomic E-state index is 0. The number of benzene rings is 1. The third-order valence-corrected chi connectivity index (χ3v) is 4.45. The van der Waals surface area contributed by atoms with Crippen LogP contribution in [0.15, 0.2) is 48.8 Å². The van der Waals surface area contributed by atoms with Crippen LogP contribution in [0.1, 0.15) is 31.4 Å². The molecule has 0 saturated carbocycles. The molecule has 6 heteroatoms. The van der Waals surface area contributed by atoms with Crippen molar-refractivity contribution in [3.63, 3.8) is 0 Å². The highest BCUT2D eigenvalue weighted by atomic mass is 35.5. The zero-order valence-electron chi connectivity index (χ0n) is 14.3. The largest absolute Gasteiger partial charge is 0.349 e. The molecule has 0 spiro atoms. The van der Waals surface area contributed by atoms with Crippen molar-refractivity contribution in [3.05, 3.63) is 54.4 Å². The summed E-state index contributed by atoms with van der Waals surface area (Å²) in [5.41, 5.74) is 3.43. The lowest BCUT2D eigenvalue weighted by Gasteiger charge is -2.24. The van der Waals surface area contributed by atoms with E-state index in [9.17, 15) is 4.79 Å². The zero-order chi connectivity index (χ0) is 16.1. The lowest BCUT2D eigenvalue weighted by atomic mass is 9.97. The number of hydrogen-bond acceptors (Lipinski definition) is 3. The number of amides is 1. The van der Waals surface area contributed by atoms with Gasteiger partial charge in [0.2, 0.25) is 5.91 Å². The third-order valence-electron chi connectivity index (χ3n) is 4.45. The van der Waals surface area contributed by atoms with Crippen LogP contribution in [-0.2, 0) is 4.79 Å². The van der Waals surface area contributed by atoms with Crippen molar-refractivity contribution in [2.45, 2.75) is 25.8 Å². The average molecular weight is 382 g/mol. The predicted octanol–water partition coefficient (Wildman–Crippen LogP) is 3.77. The molecule has 2 heterocycles. The maximum absolute atomic E-state index is 12.3. The normalized spacial score (nSPS) is 17.6. The van der Waals surface area contributed by atoms with Crippen LogP contribution in [0.4, 0.5) is 0 Å². The second kappa shape index (κ2) is 10.4. The summed E-state index contributed by atoms with van der Waals surface area (Å²) in [7, 11) is 0. The van der Waals surface area contributed by atoms with Gasteiger partial charge in [-0.25, -0.2) is 0 Å². The molecule has 1 aliphatic heterocycles. The first-order chi connectivity index (χ1) is 11.2. The van der Waals surface area contributed by atoms with E-state index >= 15 is 0 Å². The molecule has 1 aromatic carbocycles. The van der Waals surface area contributed by atoms with Gasteiger partial charge in [0, 0.05) is 18.9 Å². The van der Waals surface area contributed by atoms with Gasteiger partial charge in [-0.1, -0.05) is 24.3 Å². The fourth-order valence-electron chi connectivity index (χ4n) is 3.00. The molecule has 25 heavy (non-hydrogen) atoms. The number of rotatable bonds is 4. The molecule has 3 rings (SSSR count). The van der Waals surface area contributed by atoms with Gasteiger partial charge in [0.25, 0.3) is 0 Å². The maximum atomic E-state index is 12.3. The van der Waals surface area contributed by atoms with Crippen LogP contribution < -0.4 is 10.6 Å². The Morgan fingerprint density at radius 2 is 1.76 bits per heavy atom. The van der Waals surface area contributed by atoms with Crippen molar-refractivity contribution in [1.29, 1.82) is 0 Å². The Balaban J connectivity index is 0.00000156. The molecule has 1 aromatic heterocycles. The van der Waals surface area contributed by atoms with Crippen LogP contribution in [-0.4, -0.2) is 24.0 Å². The Labute approximate surface area is 161 Å². The van der Waals surface area contributed by atoms with Crippen molar-refractivity contribution >= 4 is 30.7 Å². The van der Waals surface area contributed by atoms with Crippen LogP contribution in [0.3, 0.4) is 0 Å². The van der Waals surface area contributed by atoms with Crippen molar-refractivity contribution < 1.29 is 4.79 Å². The van der Waals surface area contributed by atoms with E-state index in [-0.39, 0.29) is 42.7 Å². The Morgan fingerprint density at radius 3 is 2.36 bits per heavy atom. The SMILES string of the molecule is CC(NC(=O)C1CCCNC1)c1ccc(-c2ccncc2)cc1.Cl.Cl. The molecule has 2 unspecified atom stereocenters. The van der Waals surface area contributed by atoms with E-state index in [4.69, 9.17) is 0 Å². The first kappa shape index (κ1) is 21.4. The molecule has 4 nitrogen and oxygen atoms in total. The van der Waals surface area contributed by atoms with Crippen LogP contribution >= 0.6 is 24.8 Å². The van der Waals surface area contributed by atoms with Crippen molar-refractivity contribution in [1.82, 2.24) is 15.6 Å². The van der Waals surface area contributed by atoms with E-state index in [0.29, 0.717) is 0 Å². The molecule has 2 N–H and O–H groups in total. The number of piperidine rings is 1. The molecule has 0 aliphatic carbocycles. The zero-order valence-corrected chi connectivity index (χ0v) is 15.9. The van der Waals surface area contributed by atoms with Gasteiger partial charge < -0.3 is 10.6 Å². The molecule has 1 amide bonds. The van der Waals surface area contributed by atoms with Crippen molar-refractivity contribution in [2.24, 2.45) is 5.92 Å². The maximum Gasteiger partial charge on any atom is 0.224 e. The second-order valence-corrected chi connectivity index (χ2v) is 6.13. The topological polar surface area (TPSA) is 54.0 Å². The van der Waals surface area contributed by atoms with Gasteiger partial charge in [-0.3, -0.25) is 9.78 Å². The summed E-state index contributed by atoms with van der Waals surface area (Å²) in [6.45, 7) is 3.85. The summed E-state index contributed by atoms with van der Waals surface area (Å²) < 4.78 is 0. The van der Waals surface area contributed by atoms with Crippen LogP contribution in [0.2, 0.25) is 0 Å². The van der Waals surface area contributed by atoms with Gasteiger partial charge in [-0.05, 0) is 55.1 Å². The molecule has 1 fully saturated rings. The molecule has 0 bridgehead atoms. The van der Waals surface area contributed by atoms with E-state index < -0.39 is 0 Å². The molecule has 0 radical (unpaired) electrons. The van der Waals surface area contributed by atoms with Crippen LogP contribution in [0, 0.1) is 5.92 Å². The van der Waals surface area contributed by atoms with Crippen molar-refractivity contribution in [3.8, 4) is 11.1 Å². The molecule has 136 valence electrons. The Bertz CT molecular complexity index is 643. The number of aromatic nitrogens is 1. The Kier molecular flexibility index (Phi) is 8.90. The second-order valence-electron chi connectivity index (χ2n) is 6.13. The van der Waals surface area contributed by atoms with E-state index in [1.807, 2.05) is 19.1 Å². The number of nitrogens with zero attached hydrogens (tertiary/aromatic N) is 1. The Morgan fingerprint density at radius 1 is 1.12 bits per heavy atom. The van der Waals surface area contributed by atoms with E-state index in [1.54, 1.807) is 12.4 Å². The summed E-state index contributed by atoms with van der Waals surface area (Å²) in [5, 5.41) is 6.42. The van der Waals surface area contributed by atoms with Gasteiger partial charge in [0.05, 0.1) is 12.0 Å². The number of carbonyl (C=O) groups is 1. The van der Waals surface area contributed by atoms with Gasteiger partial charge in [0.1, 0.15) is 0 Å². The molecular formula is C19H25Cl2N3O. The molecule has 2 aromatic rings. The number of hydrogen-bond donors (Lipinski definition) is 2. The minimum Gasteiger partial charge on any atom is -0.349 e. The molecule has 2 atom stereocenters. The summed E-state index contributed by atoms with van der Waals surface area (Å²) >= 11 is 0. The highest BCUT2D eigenvalue weighted by Crippen LogP contribution is 2.22. The lowest BCUT2D eigenvalue weighted by molar-refractivity contribution is -0.126. The molecule has 1 saturated heterocycles. The van der Waals surface area contributed by atoms with Gasteiger partial charge >= 0.3 is 0 Å². The highest BCUT2D eigenvalue weighted by Gasteiger charge is 2.22. The third kappa shape index (κ3) is 5.70. The number of carbonyl (C=O) groups excluding carboxylic acids is 1. The van der Waals surface area contributed by atoms with E-state index in [2.05, 4.69) is 39.9 Å². The smallest absolute Gasteiger partial charge is 0.224 e.